The minimum absolute atomic E-state index is 0.109. The number of hydrogen-bond donors (Lipinski definition) is 2. The fourth-order valence-corrected chi connectivity index (χ4v) is 1.81. The fourth-order valence-electron chi connectivity index (χ4n) is 1.81. The zero-order valence-corrected chi connectivity index (χ0v) is 9.34. The van der Waals surface area contributed by atoms with Crippen molar-refractivity contribution in [2.75, 3.05) is 0 Å². The molecule has 1 saturated carbocycles. The molecule has 0 aromatic carbocycles. The number of nitrogens with one attached hydrogen (secondary N) is 1. The van der Waals surface area contributed by atoms with Crippen molar-refractivity contribution in [3.05, 3.63) is 0 Å². The predicted octanol–water partition coefficient (Wildman–Crippen LogP) is 1.45. The van der Waals surface area contributed by atoms with E-state index in [1.807, 2.05) is 20.8 Å². The molecule has 1 amide bonds. The number of rotatable bonds is 1. The van der Waals surface area contributed by atoms with E-state index in [-0.39, 0.29) is 23.5 Å². The van der Waals surface area contributed by atoms with E-state index in [0.29, 0.717) is 0 Å². The molecule has 14 heavy (non-hydrogen) atoms. The van der Waals surface area contributed by atoms with Gasteiger partial charge in [0.15, 0.2) is 0 Å². The van der Waals surface area contributed by atoms with Gasteiger partial charge in [-0.2, -0.15) is 0 Å². The van der Waals surface area contributed by atoms with E-state index in [1.54, 1.807) is 0 Å². The Kier molecular flexibility index (Phi) is 3.53. The minimum atomic E-state index is -0.186. The van der Waals surface area contributed by atoms with Crippen LogP contribution in [0.4, 0.5) is 0 Å². The molecule has 1 aliphatic carbocycles. The zero-order valence-electron chi connectivity index (χ0n) is 9.34. The van der Waals surface area contributed by atoms with Crippen LogP contribution in [-0.4, -0.2) is 22.7 Å². The van der Waals surface area contributed by atoms with Gasteiger partial charge in [-0.15, -0.1) is 0 Å². The lowest BCUT2D eigenvalue weighted by Crippen LogP contribution is -2.44. The molecule has 3 heteroatoms. The average molecular weight is 199 g/mol. The first-order chi connectivity index (χ1) is 6.38. The van der Waals surface area contributed by atoms with Gasteiger partial charge in [-0.1, -0.05) is 0 Å². The lowest BCUT2D eigenvalue weighted by molar-refractivity contribution is -0.128. The molecule has 0 aromatic rings. The van der Waals surface area contributed by atoms with Crippen LogP contribution in [0, 0.1) is 5.92 Å². The van der Waals surface area contributed by atoms with Gasteiger partial charge in [-0.25, -0.2) is 0 Å². The van der Waals surface area contributed by atoms with Crippen molar-refractivity contribution in [1.82, 2.24) is 5.32 Å². The normalized spacial score (nSPS) is 28.6. The van der Waals surface area contributed by atoms with E-state index in [1.165, 1.54) is 0 Å². The van der Waals surface area contributed by atoms with Crippen LogP contribution in [0.5, 0.6) is 0 Å². The molecule has 1 rings (SSSR count). The molecule has 0 atom stereocenters. The maximum Gasteiger partial charge on any atom is 0.223 e. The highest BCUT2D eigenvalue weighted by Crippen LogP contribution is 2.24. The van der Waals surface area contributed by atoms with Gasteiger partial charge >= 0.3 is 0 Å². The Bertz CT molecular complexity index is 200. The summed E-state index contributed by atoms with van der Waals surface area (Å²) in [6.45, 7) is 5.97. The van der Waals surface area contributed by atoms with Gasteiger partial charge in [0.1, 0.15) is 0 Å². The summed E-state index contributed by atoms with van der Waals surface area (Å²) in [6.07, 6.45) is 2.99. The Morgan fingerprint density at radius 3 is 2.14 bits per heavy atom. The summed E-state index contributed by atoms with van der Waals surface area (Å²) in [5, 5.41) is 12.3. The highest BCUT2D eigenvalue weighted by molar-refractivity contribution is 5.79. The fraction of sp³-hybridized carbons (Fsp3) is 0.909. The van der Waals surface area contributed by atoms with Gasteiger partial charge in [-0.3, -0.25) is 4.79 Å². The van der Waals surface area contributed by atoms with E-state index < -0.39 is 0 Å². The van der Waals surface area contributed by atoms with Gasteiger partial charge < -0.3 is 10.4 Å². The molecule has 2 N–H and O–H groups in total. The van der Waals surface area contributed by atoms with Gasteiger partial charge in [0.05, 0.1) is 6.10 Å². The molecule has 3 nitrogen and oxygen atoms in total. The SMILES string of the molecule is CC(C)(C)NC(=O)C1CCC(O)CC1. The number of carbonyl (C=O) groups is 1. The monoisotopic (exact) mass is 199 g/mol. The molecule has 1 fully saturated rings. The Hall–Kier alpha value is -0.570. The van der Waals surface area contributed by atoms with Gasteiger partial charge in [0, 0.05) is 11.5 Å². The van der Waals surface area contributed by atoms with Crippen molar-refractivity contribution < 1.29 is 9.90 Å². The third-order valence-corrected chi connectivity index (χ3v) is 2.57. The van der Waals surface area contributed by atoms with Crippen molar-refractivity contribution in [2.45, 2.75) is 58.1 Å². The Labute approximate surface area is 85.9 Å². The van der Waals surface area contributed by atoms with Gasteiger partial charge in [0.2, 0.25) is 5.91 Å². The average Bonchev–Trinajstić information content (AvgIpc) is 2.02. The molecule has 0 aliphatic heterocycles. The standard InChI is InChI=1S/C11H21NO2/c1-11(2,3)12-10(14)8-4-6-9(13)7-5-8/h8-9,13H,4-7H2,1-3H3,(H,12,14). The maximum atomic E-state index is 11.7. The van der Waals surface area contributed by atoms with Crippen LogP contribution >= 0.6 is 0 Å². The maximum absolute atomic E-state index is 11.7. The Morgan fingerprint density at radius 1 is 1.21 bits per heavy atom. The van der Waals surface area contributed by atoms with Gasteiger partial charge in [0.25, 0.3) is 0 Å². The predicted molar refractivity (Wildman–Crippen MR) is 55.9 cm³/mol. The summed E-state index contributed by atoms with van der Waals surface area (Å²) >= 11 is 0. The van der Waals surface area contributed by atoms with E-state index in [9.17, 15) is 9.90 Å². The Balaban J connectivity index is 2.38. The van der Waals surface area contributed by atoms with Crippen LogP contribution in [0.2, 0.25) is 0 Å². The first-order valence-electron chi connectivity index (χ1n) is 5.38. The lowest BCUT2D eigenvalue weighted by Gasteiger charge is -2.28. The third kappa shape index (κ3) is 3.66. The first kappa shape index (κ1) is 11.5. The summed E-state index contributed by atoms with van der Waals surface area (Å²) in [5.74, 6) is 0.252. The number of amides is 1. The van der Waals surface area contributed by atoms with Gasteiger partial charge in [-0.05, 0) is 46.5 Å². The molecular weight excluding hydrogens is 178 g/mol. The molecule has 0 bridgehead atoms. The molecule has 0 saturated heterocycles. The van der Waals surface area contributed by atoms with E-state index >= 15 is 0 Å². The zero-order chi connectivity index (χ0) is 10.8. The highest BCUT2D eigenvalue weighted by atomic mass is 16.3. The van der Waals surface area contributed by atoms with Crippen LogP contribution in [0.25, 0.3) is 0 Å². The summed E-state index contributed by atoms with van der Waals surface area (Å²) < 4.78 is 0. The molecule has 0 heterocycles. The summed E-state index contributed by atoms with van der Waals surface area (Å²) in [5.41, 5.74) is -0.146. The topological polar surface area (TPSA) is 49.3 Å². The summed E-state index contributed by atoms with van der Waals surface area (Å²) in [6, 6.07) is 0. The van der Waals surface area contributed by atoms with Crippen molar-refractivity contribution in [2.24, 2.45) is 5.92 Å². The number of aliphatic hydroxyl groups excluding tert-OH is 1. The van der Waals surface area contributed by atoms with Crippen molar-refractivity contribution >= 4 is 5.91 Å². The Morgan fingerprint density at radius 2 is 1.71 bits per heavy atom. The van der Waals surface area contributed by atoms with Crippen LogP contribution < -0.4 is 5.32 Å². The molecule has 0 aromatic heterocycles. The number of aliphatic hydroxyl groups is 1. The molecular formula is C11H21NO2. The quantitative estimate of drug-likeness (QED) is 0.671. The first-order valence-corrected chi connectivity index (χ1v) is 5.38. The van der Waals surface area contributed by atoms with Crippen molar-refractivity contribution in [3.8, 4) is 0 Å². The molecule has 0 radical (unpaired) electrons. The van der Waals surface area contributed by atoms with Crippen molar-refractivity contribution in [1.29, 1.82) is 0 Å². The third-order valence-electron chi connectivity index (χ3n) is 2.57. The highest BCUT2D eigenvalue weighted by Gasteiger charge is 2.27. The number of hydrogen-bond acceptors (Lipinski definition) is 2. The lowest BCUT2D eigenvalue weighted by atomic mass is 9.86. The van der Waals surface area contributed by atoms with Crippen LogP contribution in [-0.2, 0) is 4.79 Å². The number of carbonyl (C=O) groups excluding carboxylic acids is 1. The van der Waals surface area contributed by atoms with E-state index in [0.717, 1.165) is 25.7 Å². The minimum Gasteiger partial charge on any atom is -0.393 e. The van der Waals surface area contributed by atoms with Crippen molar-refractivity contribution in [3.63, 3.8) is 0 Å². The largest absolute Gasteiger partial charge is 0.393 e. The van der Waals surface area contributed by atoms with E-state index in [2.05, 4.69) is 5.32 Å². The van der Waals surface area contributed by atoms with Crippen LogP contribution in [0.1, 0.15) is 46.5 Å². The van der Waals surface area contributed by atoms with E-state index in [4.69, 9.17) is 0 Å². The summed E-state index contributed by atoms with van der Waals surface area (Å²) in [7, 11) is 0. The molecule has 0 unspecified atom stereocenters. The van der Waals surface area contributed by atoms with Crippen LogP contribution in [0.15, 0.2) is 0 Å². The second kappa shape index (κ2) is 4.30. The van der Waals surface area contributed by atoms with Crippen LogP contribution in [0.3, 0.4) is 0 Å². The second-order valence-corrected chi connectivity index (χ2v) is 5.24. The molecule has 82 valence electrons. The molecule has 1 aliphatic rings. The smallest absolute Gasteiger partial charge is 0.223 e. The summed E-state index contributed by atoms with van der Waals surface area (Å²) in [4.78, 5) is 11.7. The molecule has 0 spiro atoms. The second-order valence-electron chi connectivity index (χ2n) is 5.24.